The van der Waals surface area contributed by atoms with Crippen LogP contribution in [0.1, 0.15) is 6.92 Å². The number of morpholine rings is 1. The molecule has 1 unspecified atom stereocenters. The Hall–Kier alpha value is -2.05. The number of amides is 1. The van der Waals surface area contributed by atoms with Gasteiger partial charge in [-0.05, 0) is 18.2 Å². The summed E-state index contributed by atoms with van der Waals surface area (Å²) in [5, 5.41) is 4.14. The zero-order valence-corrected chi connectivity index (χ0v) is 11.2. The Morgan fingerprint density at radius 2 is 2.40 bits per heavy atom. The van der Waals surface area contributed by atoms with Crippen LogP contribution in [0.2, 0.25) is 0 Å². The summed E-state index contributed by atoms with van der Waals surface area (Å²) in [4.78, 5) is 21.8. The molecule has 6 heteroatoms. The van der Waals surface area contributed by atoms with E-state index in [1.165, 1.54) is 6.33 Å². The number of nitrogens with one attached hydrogen (secondary N) is 1. The molecule has 2 aromatic rings. The highest BCUT2D eigenvalue weighted by Crippen LogP contribution is 2.23. The summed E-state index contributed by atoms with van der Waals surface area (Å²) in [6, 6.07) is 5.68. The molecule has 0 bridgehead atoms. The van der Waals surface area contributed by atoms with Crippen molar-refractivity contribution in [2.45, 2.75) is 13.2 Å². The number of anilines is 1. The molecule has 2 heterocycles. The molecule has 1 N–H and O–H groups in total. The van der Waals surface area contributed by atoms with Crippen molar-refractivity contribution in [3.63, 3.8) is 0 Å². The topological polar surface area (TPSA) is 67.4 Å². The Kier molecular flexibility index (Phi) is 3.58. The molecule has 3 rings (SSSR count). The fourth-order valence-electron chi connectivity index (χ4n) is 2.39. The van der Waals surface area contributed by atoms with Gasteiger partial charge in [0.05, 0.1) is 12.1 Å². The number of carbonyl (C=O) groups excluding carboxylic acids is 1. The van der Waals surface area contributed by atoms with Crippen molar-refractivity contribution in [3.05, 3.63) is 30.7 Å². The predicted octanol–water partition coefficient (Wildman–Crippen LogP) is 0.929. The number of hydrogen-bond acceptors (Lipinski definition) is 5. The molecule has 1 aliphatic heterocycles. The molecule has 20 heavy (non-hydrogen) atoms. The summed E-state index contributed by atoms with van der Waals surface area (Å²) in [6.07, 6.45) is 2.98. The normalized spacial score (nSPS) is 18.9. The first-order valence-electron chi connectivity index (χ1n) is 6.57. The van der Waals surface area contributed by atoms with Gasteiger partial charge in [0.15, 0.2) is 0 Å². The first-order valence-corrected chi connectivity index (χ1v) is 6.57. The van der Waals surface area contributed by atoms with Crippen molar-refractivity contribution in [1.29, 1.82) is 0 Å². The summed E-state index contributed by atoms with van der Waals surface area (Å²) in [6.45, 7) is 3.59. The second-order valence-corrected chi connectivity index (χ2v) is 4.68. The van der Waals surface area contributed by atoms with Crippen molar-refractivity contribution in [2.24, 2.45) is 0 Å². The molecule has 1 atom stereocenters. The third-order valence-corrected chi connectivity index (χ3v) is 3.30. The molecule has 6 nitrogen and oxygen atoms in total. The average molecular weight is 272 g/mol. The van der Waals surface area contributed by atoms with E-state index in [1.54, 1.807) is 18.0 Å². The van der Waals surface area contributed by atoms with E-state index in [0.29, 0.717) is 13.2 Å². The molecule has 0 radical (unpaired) electrons. The van der Waals surface area contributed by atoms with Gasteiger partial charge in [0.2, 0.25) is 5.91 Å². The van der Waals surface area contributed by atoms with Gasteiger partial charge in [0, 0.05) is 37.3 Å². The van der Waals surface area contributed by atoms with E-state index in [9.17, 15) is 4.79 Å². The first kappa shape index (κ1) is 13.0. The van der Waals surface area contributed by atoms with Crippen LogP contribution in [0.4, 0.5) is 5.69 Å². The number of carbonyl (C=O) groups is 1. The molecule has 1 aromatic carbocycles. The monoisotopic (exact) mass is 272 g/mol. The number of fused-ring (bicyclic) bond motifs is 1. The van der Waals surface area contributed by atoms with Crippen LogP contribution < -0.4 is 10.2 Å². The number of nitrogens with zero attached hydrogens (tertiary/aromatic N) is 3. The van der Waals surface area contributed by atoms with Gasteiger partial charge >= 0.3 is 0 Å². The van der Waals surface area contributed by atoms with E-state index in [1.807, 2.05) is 18.2 Å². The van der Waals surface area contributed by atoms with Crippen LogP contribution in [0.5, 0.6) is 0 Å². The summed E-state index contributed by atoms with van der Waals surface area (Å²) in [7, 11) is 0. The fraction of sp³-hybridized carbons (Fsp3) is 0.357. The van der Waals surface area contributed by atoms with E-state index in [2.05, 4.69) is 15.3 Å². The number of benzene rings is 1. The van der Waals surface area contributed by atoms with Crippen LogP contribution in [0.3, 0.4) is 0 Å². The minimum Gasteiger partial charge on any atom is -0.355 e. The van der Waals surface area contributed by atoms with E-state index < -0.39 is 0 Å². The maximum atomic E-state index is 12.0. The fourth-order valence-corrected chi connectivity index (χ4v) is 2.39. The summed E-state index contributed by atoms with van der Waals surface area (Å²) in [5.41, 5.74) is 1.66. The lowest BCUT2D eigenvalue weighted by Gasteiger charge is -2.34. The van der Waals surface area contributed by atoms with E-state index in [0.717, 1.165) is 23.1 Å². The van der Waals surface area contributed by atoms with E-state index >= 15 is 0 Å². The minimum absolute atomic E-state index is 0.0464. The van der Waals surface area contributed by atoms with E-state index in [4.69, 9.17) is 4.74 Å². The lowest BCUT2D eigenvalue weighted by molar-refractivity contribution is -0.119. The summed E-state index contributed by atoms with van der Waals surface area (Å²) in [5.74, 6) is -0.0464. The highest BCUT2D eigenvalue weighted by Gasteiger charge is 2.25. The van der Waals surface area contributed by atoms with Crippen molar-refractivity contribution in [1.82, 2.24) is 15.3 Å². The Labute approximate surface area is 116 Å². The Balaban J connectivity index is 1.98. The Bertz CT molecular complexity index is 625. The number of hydrogen-bond donors (Lipinski definition) is 1. The molecule has 0 saturated carbocycles. The molecule has 1 saturated heterocycles. The van der Waals surface area contributed by atoms with Gasteiger partial charge in [0.1, 0.15) is 12.6 Å². The van der Waals surface area contributed by atoms with Gasteiger partial charge < -0.3 is 10.1 Å². The first-order chi connectivity index (χ1) is 9.75. The lowest BCUT2D eigenvalue weighted by atomic mass is 10.2. The quantitative estimate of drug-likeness (QED) is 0.881. The van der Waals surface area contributed by atoms with Crippen molar-refractivity contribution in [2.75, 3.05) is 24.6 Å². The summed E-state index contributed by atoms with van der Waals surface area (Å²) >= 11 is 0. The van der Waals surface area contributed by atoms with E-state index in [-0.39, 0.29) is 12.1 Å². The Morgan fingerprint density at radius 1 is 1.50 bits per heavy atom. The zero-order chi connectivity index (χ0) is 13.9. The SMILES string of the molecule is CC(=O)N(c1ccc2ncncc2c1)C1CNCCO1. The molecule has 1 fully saturated rings. The molecule has 1 aliphatic rings. The van der Waals surface area contributed by atoms with Gasteiger partial charge in [0.25, 0.3) is 0 Å². The third kappa shape index (κ3) is 2.48. The zero-order valence-electron chi connectivity index (χ0n) is 11.2. The standard InChI is InChI=1S/C14H16N4O2/c1-10(19)18(14-8-15-4-5-20-14)12-2-3-13-11(6-12)7-16-9-17-13/h2-3,6-7,9,14-15H,4-5,8H2,1H3. The van der Waals surface area contributed by atoms with Gasteiger partial charge in [-0.1, -0.05) is 0 Å². The van der Waals surface area contributed by atoms with Crippen LogP contribution in [0.15, 0.2) is 30.7 Å². The molecule has 0 aliphatic carbocycles. The predicted molar refractivity (Wildman–Crippen MR) is 75.3 cm³/mol. The molecular formula is C14H16N4O2. The average Bonchev–Trinajstić information content (AvgIpc) is 2.48. The summed E-state index contributed by atoms with van der Waals surface area (Å²) < 4.78 is 5.68. The van der Waals surface area contributed by atoms with Gasteiger partial charge in [-0.25, -0.2) is 9.97 Å². The largest absolute Gasteiger partial charge is 0.355 e. The highest BCUT2D eigenvalue weighted by atomic mass is 16.5. The van der Waals surface area contributed by atoms with Crippen molar-refractivity contribution < 1.29 is 9.53 Å². The number of ether oxygens (including phenoxy) is 1. The maximum absolute atomic E-state index is 12.0. The smallest absolute Gasteiger partial charge is 0.226 e. The van der Waals surface area contributed by atoms with Crippen LogP contribution >= 0.6 is 0 Å². The molecule has 1 aromatic heterocycles. The molecule has 1 amide bonds. The van der Waals surface area contributed by atoms with Crippen LogP contribution in [0, 0.1) is 0 Å². The highest BCUT2D eigenvalue weighted by molar-refractivity contribution is 5.94. The molecule has 104 valence electrons. The van der Waals surface area contributed by atoms with Gasteiger partial charge in [-0.2, -0.15) is 0 Å². The second-order valence-electron chi connectivity index (χ2n) is 4.68. The number of rotatable bonds is 2. The van der Waals surface area contributed by atoms with Crippen molar-refractivity contribution in [3.8, 4) is 0 Å². The lowest BCUT2D eigenvalue weighted by Crippen LogP contribution is -2.51. The second kappa shape index (κ2) is 5.52. The van der Waals surface area contributed by atoms with Crippen LogP contribution in [0.25, 0.3) is 10.9 Å². The van der Waals surface area contributed by atoms with Crippen molar-refractivity contribution >= 4 is 22.5 Å². The number of aromatic nitrogens is 2. The third-order valence-electron chi connectivity index (χ3n) is 3.30. The van der Waals surface area contributed by atoms with Crippen LogP contribution in [-0.2, 0) is 9.53 Å². The Morgan fingerprint density at radius 3 is 3.15 bits per heavy atom. The minimum atomic E-state index is -0.275. The maximum Gasteiger partial charge on any atom is 0.226 e. The van der Waals surface area contributed by atoms with Gasteiger partial charge in [-0.15, -0.1) is 0 Å². The van der Waals surface area contributed by atoms with Gasteiger partial charge in [-0.3, -0.25) is 9.69 Å². The molecule has 0 spiro atoms. The molecular weight excluding hydrogens is 256 g/mol. The van der Waals surface area contributed by atoms with Crippen LogP contribution in [-0.4, -0.2) is 41.8 Å².